The lowest BCUT2D eigenvalue weighted by Crippen LogP contribution is -2.44. The smallest absolute Gasteiger partial charge is 0.291 e. The van der Waals surface area contributed by atoms with E-state index in [0.717, 1.165) is 24.8 Å². The van der Waals surface area contributed by atoms with Gasteiger partial charge in [-0.1, -0.05) is 19.8 Å². The fourth-order valence-corrected chi connectivity index (χ4v) is 4.12. The van der Waals surface area contributed by atoms with E-state index in [4.69, 9.17) is 0 Å². The minimum atomic E-state index is -0.357. The zero-order valence-electron chi connectivity index (χ0n) is 15.5. The molecule has 0 radical (unpaired) electrons. The van der Waals surface area contributed by atoms with Crippen LogP contribution >= 0.6 is 0 Å². The highest BCUT2D eigenvalue weighted by molar-refractivity contribution is 5.87. The molecule has 4 rings (SSSR count). The van der Waals surface area contributed by atoms with Gasteiger partial charge in [0.25, 0.3) is 5.56 Å². The number of rotatable bonds is 3. The molecule has 1 amide bonds. The second-order valence-corrected chi connectivity index (χ2v) is 7.51. The first-order chi connectivity index (χ1) is 12.9. The lowest BCUT2D eigenvalue weighted by Gasteiger charge is -2.29. The molecule has 3 aromatic rings. The lowest BCUT2D eigenvalue weighted by atomic mass is 9.86. The summed E-state index contributed by atoms with van der Waals surface area (Å²) < 4.78 is 16.4. The van der Waals surface area contributed by atoms with Crippen LogP contribution in [0.25, 0.3) is 16.4 Å². The Hall–Kier alpha value is -2.70. The third-order valence-corrected chi connectivity index (χ3v) is 5.56. The van der Waals surface area contributed by atoms with Crippen molar-refractivity contribution in [3.63, 3.8) is 0 Å². The molecule has 0 unspecified atom stereocenters. The molecule has 1 N–H and O–H groups in total. The van der Waals surface area contributed by atoms with Crippen LogP contribution in [0.15, 0.2) is 29.1 Å². The highest BCUT2D eigenvalue weighted by atomic mass is 19.1. The van der Waals surface area contributed by atoms with Crippen molar-refractivity contribution in [2.45, 2.75) is 52.1 Å². The number of hydrogen-bond donors (Lipinski definition) is 1. The SMILES string of the molecule is Cc1nn(CC(=O)N[C@H]2CCCC[C@H]2C)c(=O)c2cc3cc(F)ccc3n12. The van der Waals surface area contributed by atoms with Crippen molar-refractivity contribution in [2.24, 2.45) is 5.92 Å². The van der Waals surface area contributed by atoms with Crippen LogP contribution in [-0.2, 0) is 11.3 Å². The van der Waals surface area contributed by atoms with Gasteiger partial charge < -0.3 is 5.32 Å². The van der Waals surface area contributed by atoms with Crippen molar-refractivity contribution in [1.82, 2.24) is 19.5 Å². The highest BCUT2D eigenvalue weighted by Crippen LogP contribution is 2.23. The van der Waals surface area contributed by atoms with Crippen LogP contribution in [0.3, 0.4) is 0 Å². The molecule has 0 saturated heterocycles. The number of hydrogen-bond acceptors (Lipinski definition) is 3. The molecule has 2 heterocycles. The fraction of sp³-hybridized carbons (Fsp3) is 0.450. The minimum Gasteiger partial charge on any atom is -0.351 e. The molecule has 27 heavy (non-hydrogen) atoms. The van der Waals surface area contributed by atoms with Gasteiger partial charge >= 0.3 is 0 Å². The first kappa shape index (κ1) is 17.7. The second-order valence-electron chi connectivity index (χ2n) is 7.51. The Kier molecular flexibility index (Phi) is 4.45. The summed E-state index contributed by atoms with van der Waals surface area (Å²) in [6.07, 6.45) is 4.41. The number of halogens is 1. The predicted octanol–water partition coefficient (Wildman–Crippen LogP) is 2.79. The normalized spacial score (nSPS) is 20.3. The van der Waals surface area contributed by atoms with Gasteiger partial charge in [0, 0.05) is 11.4 Å². The Morgan fingerprint density at radius 1 is 1.26 bits per heavy atom. The van der Waals surface area contributed by atoms with Gasteiger partial charge in [-0.15, -0.1) is 0 Å². The van der Waals surface area contributed by atoms with E-state index in [1.807, 2.05) is 0 Å². The van der Waals surface area contributed by atoms with E-state index in [-0.39, 0.29) is 29.9 Å². The van der Waals surface area contributed by atoms with E-state index >= 15 is 0 Å². The van der Waals surface area contributed by atoms with Crippen LogP contribution in [0.1, 0.15) is 38.4 Å². The van der Waals surface area contributed by atoms with Crippen molar-refractivity contribution < 1.29 is 9.18 Å². The highest BCUT2D eigenvalue weighted by Gasteiger charge is 2.23. The number of nitrogens with zero attached hydrogens (tertiary/aromatic N) is 3. The Morgan fingerprint density at radius 2 is 2.04 bits per heavy atom. The van der Waals surface area contributed by atoms with Crippen molar-refractivity contribution >= 4 is 22.3 Å². The third kappa shape index (κ3) is 3.22. The summed E-state index contributed by atoms with van der Waals surface area (Å²) in [5, 5.41) is 8.00. The maximum Gasteiger partial charge on any atom is 0.291 e. The van der Waals surface area contributed by atoms with Crippen molar-refractivity contribution in [1.29, 1.82) is 0 Å². The molecule has 6 nitrogen and oxygen atoms in total. The van der Waals surface area contributed by atoms with E-state index in [9.17, 15) is 14.0 Å². The minimum absolute atomic E-state index is 0.116. The molecule has 1 fully saturated rings. The van der Waals surface area contributed by atoms with Gasteiger partial charge in [0.2, 0.25) is 5.91 Å². The number of nitrogens with one attached hydrogen (secondary N) is 1. The van der Waals surface area contributed by atoms with Gasteiger partial charge in [-0.25, -0.2) is 9.07 Å². The Morgan fingerprint density at radius 3 is 2.81 bits per heavy atom. The van der Waals surface area contributed by atoms with E-state index in [1.165, 1.54) is 23.2 Å². The first-order valence-electron chi connectivity index (χ1n) is 9.42. The Bertz CT molecular complexity index is 1080. The monoisotopic (exact) mass is 370 g/mol. The Balaban J connectivity index is 1.66. The predicted molar refractivity (Wildman–Crippen MR) is 101 cm³/mol. The quantitative estimate of drug-likeness (QED) is 0.771. The molecule has 0 bridgehead atoms. The van der Waals surface area contributed by atoms with Crippen LogP contribution < -0.4 is 10.9 Å². The summed E-state index contributed by atoms with van der Waals surface area (Å²) in [6, 6.07) is 6.19. The number of carbonyl (C=O) groups excluding carboxylic acids is 1. The van der Waals surface area contributed by atoms with Crippen LogP contribution in [0.2, 0.25) is 0 Å². The van der Waals surface area contributed by atoms with Gasteiger partial charge in [0.1, 0.15) is 23.7 Å². The summed E-state index contributed by atoms with van der Waals surface area (Å²) >= 11 is 0. The van der Waals surface area contributed by atoms with E-state index in [2.05, 4.69) is 17.3 Å². The number of aryl methyl sites for hydroxylation is 1. The van der Waals surface area contributed by atoms with Gasteiger partial charge in [-0.05, 0) is 49.9 Å². The molecule has 1 aliphatic rings. The molecule has 1 aromatic carbocycles. The van der Waals surface area contributed by atoms with Crippen molar-refractivity contribution in [3.8, 4) is 0 Å². The largest absolute Gasteiger partial charge is 0.351 e. The molecule has 2 aromatic heterocycles. The van der Waals surface area contributed by atoms with E-state index in [0.29, 0.717) is 22.6 Å². The zero-order valence-corrected chi connectivity index (χ0v) is 15.5. The third-order valence-electron chi connectivity index (χ3n) is 5.56. The number of amides is 1. The first-order valence-corrected chi connectivity index (χ1v) is 9.42. The fourth-order valence-electron chi connectivity index (χ4n) is 4.12. The lowest BCUT2D eigenvalue weighted by molar-refractivity contribution is -0.123. The molecule has 2 atom stereocenters. The summed E-state index contributed by atoms with van der Waals surface area (Å²) in [7, 11) is 0. The number of aromatic nitrogens is 3. The second kappa shape index (κ2) is 6.79. The van der Waals surface area contributed by atoms with E-state index < -0.39 is 0 Å². The molecule has 0 spiro atoms. The zero-order chi connectivity index (χ0) is 19.1. The molecule has 1 saturated carbocycles. The number of benzene rings is 1. The topological polar surface area (TPSA) is 68.4 Å². The average Bonchev–Trinajstić information content (AvgIpc) is 3.00. The molecule has 1 aliphatic carbocycles. The van der Waals surface area contributed by atoms with Gasteiger partial charge in [-0.3, -0.25) is 14.0 Å². The molecule has 7 heteroatoms. The molecule has 0 aliphatic heterocycles. The van der Waals surface area contributed by atoms with Gasteiger partial charge in [-0.2, -0.15) is 5.10 Å². The van der Waals surface area contributed by atoms with Gasteiger partial charge in [0.15, 0.2) is 0 Å². The number of carbonyl (C=O) groups is 1. The van der Waals surface area contributed by atoms with Crippen molar-refractivity contribution in [3.05, 3.63) is 46.3 Å². The summed E-state index contributed by atoms with van der Waals surface area (Å²) in [5.41, 5.74) is 0.757. The molecular weight excluding hydrogens is 347 g/mol. The standard InChI is InChI=1S/C20H23FN4O2/c1-12-5-3-4-6-16(12)22-19(26)11-24-20(27)18-10-14-9-15(21)7-8-17(14)25(18)13(2)23-24/h7-10,12,16H,3-6,11H2,1-2H3,(H,22,26)/t12-,16+/m1/s1. The molecular formula is C20H23FN4O2. The summed E-state index contributed by atoms with van der Waals surface area (Å²) in [4.78, 5) is 25.3. The van der Waals surface area contributed by atoms with Crippen LogP contribution in [0.5, 0.6) is 0 Å². The van der Waals surface area contributed by atoms with E-state index in [1.54, 1.807) is 23.5 Å². The number of fused-ring (bicyclic) bond motifs is 3. The van der Waals surface area contributed by atoms with Crippen LogP contribution in [0.4, 0.5) is 4.39 Å². The summed E-state index contributed by atoms with van der Waals surface area (Å²) in [5.74, 6) is 0.465. The van der Waals surface area contributed by atoms with Gasteiger partial charge in [0.05, 0.1) is 5.52 Å². The average molecular weight is 370 g/mol. The van der Waals surface area contributed by atoms with Crippen LogP contribution in [-0.4, -0.2) is 26.1 Å². The Labute approximate surface area is 156 Å². The molecule has 142 valence electrons. The summed E-state index contributed by atoms with van der Waals surface area (Å²) in [6.45, 7) is 3.80. The maximum atomic E-state index is 13.5. The van der Waals surface area contributed by atoms with Crippen molar-refractivity contribution in [2.75, 3.05) is 0 Å². The maximum absolute atomic E-state index is 13.5. The van der Waals surface area contributed by atoms with Crippen LogP contribution in [0, 0.1) is 18.7 Å².